The van der Waals surface area contributed by atoms with Crippen molar-refractivity contribution in [3.05, 3.63) is 88.9 Å². The number of carbonyl (C=O) groups excluding carboxylic acids is 3. The molecule has 12 nitrogen and oxygen atoms in total. The van der Waals surface area contributed by atoms with Gasteiger partial charge in [0.15, 0.2) is 18.0 Å². The number of hydrogen-bond acceptors (Lipinski definition) is 11. The number of β-lactam (4-membered cyclic amide) rings is 1. The predicted octanol–water partition coefficient (Wildman–Crippen LogP) is 3.72. The largest absolute Gasteiger partial charge is 0.448 e. The second-order valence-electron chi connectivity index (χ2n) is 9.18. The van der Waals surface area contributed by atoms with Crippen molar-refractivity contribution in [3.63, 3.8) is 0 Å². The Kier molecular flexibility index (Phi) is 9.50. The summed E-state index contributed by atoms with van der Waals surface area (Å²) in [7, 11) is -1.60. The number of nitrogens with zero attached hydrogens (tertiary/aromatic N) is 4. The fourth-order valence-electron chi connectivity index (χ4n) is 4.73. The monoisotopic (exact) mass is 720 g/mol. The van der Waals surface area contributed by atoms with Crippen LogP contribution < -0.4 is 5.32 Å². The van der Waals surface area contributed by atoms with Gasteiger partial charge in [0.2, 0.25) is 5.13 Å². The minimum absolute atomic E-state index is 0.00275. The highest BCUT2D eigenvalue weighted by molar-refractivity contribution is 14.1. The van der Waals surface area contributed by atoms with E-state index in [2.05, 4.69) is 42.4 Å². The molecule has 0 spiro atoms. The van der Waals surface area contributed by atoms with Crippen LogP contribution in [0, 0.1) is 5.53 Å². The van der Waals surface area contributed by atoms with E-state index in [1.165, 1.54) is 4.90 Å². The van der Waals surface area contributed by atoms with Crippen LogP contribution in [0.4, 0.5) is 5.13 Å². The number of carbonyl (C=O) groups is 3. The lowest BCUT2D eigenvalue weighted by Crippen LogP contribution is -2.74. The Balaban J connectivity index is 1.39. The quantitative estimate of drug-likeness (QED) is 0.0996. The maximum absolute atomic E-state index is 13.8. The second kappa shape index (κ2) is 13.3. The van der Waals surface area contributed by atoms with Gasteiger partial charge < -0.3 is 14.8 Å². The maximum atomic E-state index is 13.8. The number of aromatic nitrogens is 2. The van der Waals surface area contributed by atoms with Gasteiger partial charge in [0, 0.05) is 22.6 Å². The lowest BCUT2D eigenvalue weighted by Gasteiger charge is -2.49. The van der Waals surface area contributed by atoms with E-state index in [1.807, 2.05) is 60.7 Å². The molecule has 1 fully saturated rings. The Morgan fingerprint density at radius 2 is 1.83 bits per heavy atom. The standard InChI is InChI=1S/C27H25IN6O6S2/c1-2-39-21(22-31-27(32-29)41-33-22)23(35)30-18-24(36)34-19(17(13-28)14-42(38)25(18)34)26(37)40-20(15-9-5-3-6-10-15)16-11-7-4-8-12-16/h3-12,18,20-21,25,29H,2,13-14H2,1H3,(H,30,35)/t18?,21?,25-,42?/m1/s1. The number of esters is 1. The van der Waals surface area contributed by atoms with Gasteiger partial charge in [0.05, 0.1) is 16.6 Å². The van der Waals surface area contributed by atoms with Gasteiger partial charge >= 0.3 is 5.97 Å². The Labute approximate surface area is 261 Å². The summed E-state index contributed by atoms with van der Waals surface area (Å²) >= 11 is 2.90. The van der Waals surface area contributed by atoms with Crippen LogP contribution >= 0.6 is 34.1 Å². The zero-order chi connectivity index (χ0) is 29.8. The van der Waals surface area contributed by atoms with Gasteiger partial charge in [0.1, 0.15) is 17.1 Å². The van der Waals surface area contributed by atoms with Crippen LogP contribution in [0.5, 0.6) is 0 Å². The molecule has 3 unspecified atom stereocenters. The normalized spacial score (nSPS) is 20.5. The number of hydrogen-bond donors (Lipinski definition) is 2. The highest BCUT2D eigenvalue weighted by Crippen LogP contribution is 2.38. The van der Waals surface area contributed by atoms with Crippen LogP contribution in [0.25, 0.3) is 0 Å². The van der Waals surface area contributed by atoms with Crippen LogP contribution in [0.1, 0.15) is 36.1 Å². The number of nitrogens with one attached hydrogen (secondary N) is 2. The van der Waals surface area contributed by atoms with Gasteiger partial charge in [0.25, 0.3) is 11.8 Å². The van der Waals surface area contributed by atoms with Crippen molar-refractivity contribution < 1.29 is 28.1 Å². The Bertz CT molecular complexity index is 1510. The van der Waals surface area contributed by atoms with Gasteiger partial charge in [-0.25, -0.2) is 10.3 Å². The zero-order valence-corrected chi connectivity index (χ0v) is 25.9. The van der Waals surface area contributed by atoms with Gasteiger partial charge in [-0.2, -0.15) is 9.36 Å². The topological polar surface area (TPSA) is 164 Å². The number of benzene rings is 2. The van der Waals surface area contributed by atoms with Crippen LogP contribution in [0.2, 0.25) is 0 Å². The summed E-state index contributed by atoms with van der Waals surface area (Å²) in [5, 5.41) is 4.91. The molecule has 2 aromatic carbocycles. The third-order valence-corrected chi connectivity index (χ3v) is 9.82. The highest BCUT2D eigenvalue weighted by atomic mass is 127. The fraction of sp³-hybridized carbons (Fsp3) is 0.296. The molecule has 1 saturated heterocycles. The number of rotatable bonds is 11. The number of ether oxygens (including phenoxy) is 2. The van der Waals surface area contributed by atoms with Gasteiger partial charge in [-0.1, -0.05) is 83.3 Å². The molecule has 218 valence electrons. The van der Waals surface area contributed by atoms with Crippen molar-refractivity contribution in [1.82, 2.24) is 19.6 Å². The van der Waals surface area contributed by atoms with Crippen LogP contribution in [0.15, 0.2) is 77.0 Å². The molecule has 2 amide bonds. The highest BCUT2D eigenvalue weighted by Gasteiger charge is 2.57. The molecule has 1 aromatic heterocycles. The van der Waals surface area contributed by atoms with Crippen molar-refractivity contribution >= 4 is 67.8 Å². The molecule has 0 saturated carbocycles. The molecule has 3 heterocycles. The summed E-state index contributed by atoms with van der Waals surface area (Å²) in [6.45, 7) is 1.83. The lowest BCUT2D eigenvalue weighted by atomic mass is 10.0. The van der Waals surface area contributed by atoms with Crippen LogP contribution in [0.3, 0.4) is 0 Å². The molecule has 3 aromatic rings. The number of halogens is 1. The van der Waals surface area contributed by atoms with E-state index in [-0.39, 0.29) is 29.0 Å². The van der Waals surface area contributed by atoms with Crippen molar-refractivity contribution in [3.8, 4) is 0 Å². The van der Waals surface area contributed by atoms with Crippen molar-refractivity contribution in [2.24, 2.45) is 5.11 Å². The Morgan fingerprint density at radius 3 is 2.38 bits per heavy atom. The van der Waals surface area contributed by atoms with Gasteiger partial charge in [-0.05, 0) is 23.6 Å². The fourth-order valence-corrected chi connectivity index (χ4v) is 7.90. The predicted molar refractivity (Wildman–Crippen MR) is 161 cm³/mol. The molecule has 42 heavy (non-hydrogen) atoms. The van der Waals surface area contributed by atoms with E-state index in [1.54, 1.807) is 6.92 Å². The molecule has 0 aliphatic carbocycles. The van der Waals surface area contributed by atoms with Crippen LogP contribution in [-0.2, 0) is 34.7 Å². The average Bonchev–Trinajstić information content (AvgIpc) is 3.50. The van der Waals surface area contributed by atoms with E-state index in [4.69, 9.17) is 15.0 Å². The minimum Gasteiger partial charge on any atom is -0.448 e. The molecule has 2 N–H and O–H groups in total. The first kappa shape index (κ1) is 30.1. The maximum Gasteiger partial charge on any atom is 0.356 e. The number of amides is 2. The average molecular weight is 721 g/mol. The Hall–Kier alpha value is -3.41. The first-order chi connectivity index (χ1) is 20.4. The summed E-state index contributed by atoms with van der Waals surface area (Å²) in [6.07, 6.45) is -2.00. The van der Waals surface area contributed by atoms with Crippen molar-refractivity contribution in [2.75, 3.05) is 16.8 Å². The summed E-state index contributed by atoms with van der Waals surface area (Å²) in [4.78, 5) is 45.6. The van der Waals surface area contributed by atoms with E-state index < -0.39 is 52.2 Å². The molecular formula is C27H25IN6O6S2. The molecule has 0 bridgehead atoms. The van der Waals surface area contributed by atoms with E-state index >= 15 is 0 Å². The SMILES string of the molecule is CCOC(C(=O)NC1C(=O)N2C(C(=O)OC(c3ccccc3)c3ccccc3)=C(CI)CS(=O)[C@H]12)c1nsc(N=N)n1. The summed E-state index contributed by atoms with van der Waals surface area (Å²) < 4.78 is 29.2. The zero-order valence-electron chi connectivity index (χ0n) is 22.1. The van der Waals surface area contributed by atoms with Crippen molar-refractivity contribution in [1.29, 1.82) is 5.53 Å². The molecule has 4 atom stereocenters. The van der Waals surface area contributed by atoms with Crippen LogP contribution in [-0.4, -0.2) is 64.5 Å². The number of alkyl halides is 1. The van der Waals surface area contributed by atoms with Crippen molar-refractivity contribution in [2.45, 2.75) is 30.5 Å². The third-order valence-electron chi connectivity index (χ3n) is 6.62. The van der Waals surface area contributed by atoms with E-state index in [9.17, 15) is 18.6 Å². The molecule has 5 rings (SSSR count). The second-order valence-corrected chi connectivity index (χ2v) is 12.2. The van der Waals surface area contributed by atoms with E-state index in [0.717, 1.165) is 22.7 Å². The van der Waals surface area contributed by atoms with E-state index in [0.29, 0.717) is 10.0 Å². The minimum atomic E-state index is -1.60. The molecule has 2 aliphatic rings. The van der Waals surface area contributed by atoms with Gasteiger partial charge in [-0.3, -0.25) is 18.7 Å². The van der Waals surface area contributed by atoms with Gasteiger partial charge in [-0.15, -0.1) is 5.11 Å². The third kappa shape index (κ3) is 5.91. The summed E-state index contributed by atoms with van der Waals surface area (Å²) in [5.41, 5.74) is 9.18. The molecule has 2 aliphatic heterocycles. The summed E-state index contributed by atoms with van der Waals surface area (Å²) in [5.74, 6) is -1.96. The number of fused-ring (bicyclic) bond motifs is 1. The molecule has 15 heteroatoms. The smallest absolute Gasteiger partial charge is 0.356 e. The first-order valence-corrected chi connectivity index (χ1v) is 16.5. The summed E-state index contributed by atoms with van der Waals surface area (Å²) in [6, 6.07) is 17.4. The molecular weight excluding hydrogens is 695 g/mol. The Morgan fingerprint density at radius 1 is 1.19 bits per heavy atom. The lowest BCUT2D eigenvalue weighted by molar-refractivity contribution is -0.155. The molecule has 0 radical (unpaired) electrons. The first-order valence-electron chi connectivity index (χ1n) is 12.8.